The fraction of sp³-hybridized carbons (Fsp3) is 0.917. The van der Waals surface area contributed by atoms with Gasteiger partial charge in [0.15, 0.2) is 0 Å². The van der Waals surface area contributed by atoms with Gasteiger partial charge in [-0.3, -0.25) is 0 Å². The molecule has 0 aromatic rings. The molecular formula is C12H24N2. The second-order valence-electron chi connectivity index (χ2n) is 6.05. The molecule has 2 atom stereocenters. The zero-order chi connectivity index (χ0) is 11.0. The molecule has 82 valence electrons. The van der Waals surface area contributed by atoms with Crippen molar-refractivity contribution in [3.8, 4) is 0 Å². The van der Waals surface area contributed by atoms with E-state index < -0.39 is 0 Å². The Morgan fingerprint density at radius 2 is 2.07 bits per heavy atom. The molecule has 2 unspecified atom stereocenters. The van der Waals surface area contributed by atoms with Gasteiger partial charge in [0, 0.05) is 17.7 Å². The Labute approximate surface area is 87.8 Å². The van der Waals surface area contributed by atoms with Crippen LogP contribution in [0, 0.1) is 22.2 Å². The van der Waals surface area contributed by atoms with E-state index in [9.17, 15) is 0 Å². The Bertz CT molecular complexity index is 227. The van der Waals surface area contributed by atoms with Crippen LogP contribution >= 0.6 is 0 Å². The molecule has 1 rings (SSSR count). The number of hydrogen-bond donors (Lipinski definition) is 2. The Hall–Kier alpha value is -0.370. The molecule has 1 aliphatic rings. The minimum atomic E-state index is -0.0316. The summed E-state index contributed by atoms with van der Waals surface area (Å²) in [5, 5.41) is 7.96. The van der Waals surface area contributed by atoms with Crippen LogP contribution in [0.5, 0.6) is 0 Å². The van der Waals surface area contributed by atoms with E-state index >= 15 is 0 Å². The van der Waals surface area contributed by atoms with Crippen LogP contribution < -0.4 is 5.73 Å². The van der Waals surface area contributed by atoms with E-state index in [1.54, 1.807) is 0 Å². The highest BCUT2D eigenvalue weighted by atomic mass is 14.7. The molecule has 0 aliphatic heterocycles. The van der Waals surface area contributed by atoms with Crippen LogP contribution in [0.1, 0.15) is 47.0 Å². The van der Waals surface area contributed by atoms with Crippen LogP contribution in [-0.2, 0) is 0 Å². The van der Waals surface area contributed by atoms with Gasteiger partial charge in [-0.15, -0.1) is 0 Å². The largest absolute Gasteiger partial charge is 0.330 e. The zero-order valence-corrected chi connectivity index (χ0v) is 9.98. The summed E-state index contributed by atoms with van der Waals surface area (Å²) in [4.78, 5) is 0. The molecule has 0 aromatic heterocycles. The lowest BCUT2D eigenvalue weighted by atomic mass is 9.62. The lowest BCUT2D eigenvalue weighted by molar-refractivity contribution is 0.155. The average Bonchev–Trinajstić information content (AvgIpc) is 2.08. The summed E-state index contributed by atoms with van der Waals surface area (Å²) >= 11 is 0. The first-order valence-electron chi connectivity index (χ1n) is 5.57. The molecule has 0 bridgehead atoms. The summed E-state index contributed by atoms with van der Waals surface area (Å²) in [6.07, 6.45) is 3.19. The molecule has 0 saturated heterocycles. The predicted molar refractivity (Wildman–Crippen MR) is 61.7 cm³/mol. The first-order chi connectivity index (χ1) is 6.29. The van der Waals surface area contributed by atoms with Gasteiger partial charge in [0.2, 0.25) is 0 Å². The van der Waals surface area contributed by atoms with Gasteiger partial charge in [0.05, 0.1) is 0 Å². The number of nitrogens with two attached hydrogens (primary N) is 1. The van der Waals surface area contributed by atoms with Crippen molar-refractivity contribution < 1.29 is 0 Å². The van der Waals surface area contributed by atoms with E-state index in [0.717, 1.165) is 25.0 Å². The topological polar surface area (TPSA) is 49.9 Å². The Morgan fingerprint density at radius 1 is 1.50 bits per heavy atom. The standard InChI is InChI=1S/C12H24N2/c1-11(2,3)9-5-6-10(14)12(4,7-9)8-13/h9,14H,5-8,13H2,1-4H3. The van der Waals surface area contributed by atoms with Gasteiger partial charge in [0.25, 0.3) is 0 Å². The highest BCUT2D eigenvalue weighted by Crippen LogP contribution is 2.43. The molecule has 0 amide bonds. The van der Waals surface area contributed by atoms with Gasteiger partial charge < -0.3 is 11.1 Å². The first-order valence-corrected chi connectivity index (χ1v) is 5.57. The average molecular weight is 196 g/mol. The fourth-order valence-corrected chi connectivity index (χ4v) is 2.34. The smallest absolute Gasteiger partial charge is 0.0177 e. The molecule has 2 nitrogen and oxygen atoms in total. The molecule has 1 saturated carbocycles. The van der Waals surface area contributed by atoms with Gasteiger partial charge in [-0.25, -0.2) is 0 Å². The molecule has 0 radical (unpaired) electrons. The summed E-state index contributed by atoms with van der Waals surface area (Å²) < 4.78 is 0. The maximum atomic E-state index is 7.96. The molecule has 3 N–H and O–H groups in total. The van der Waals surface area contributed by atoms with Crippen molar-refractivity contribution in [2.45, 2.75) is 47.0 Å². The Balaban J connectivity index is 2.77. The Kier molecular flexibility index (Phi) is 3.05. The van der Waals surface area contributed by atoms with Crippen LogP contribution in [0.2, 0.25) is 0 Å². The SMILES string of the molecule is CC1(CN)CC(C(C)(C)C)CCC1=N. The maximum Gasteiger partial charge on any atom is 0.0177 e. The third-order valence-corrected chi connectivity index (χ3v) is 3.84. The molecule has 0 aromatic carbocycles. The lowest BCUT2D eigenvalue weighted by Gasteiger charge is -2.43. The van der Waals surface area contributed by atoms with E-state index in [1.807, 2.05) is 0 Å². The van der Waals surface area contributed by atoms with Gasteiger partial charge >= 0.3 is 0 Å². The van der Waals surface area contributed by atoms with E-state index in [4.69, 9.17) is 11.1 Å². The summed E-state index contributed by atoms with van der Waals surface area (Å²) in [5.41, 5.74) is 6.98. The van der Waals surface area contributed by atoms with Crippen molar-refractivity contribution in [1.29, 1.82) is 5.41 Å². The second-order valence-corrected chi connectivity index (χ2v) is 6.05. The Morgan fingerprint density at radius 3 is 2.50 bits per heavy atom. The summed E-state index contributed by atoms with van der Waals surface area (Å²) in [5.74, 6) is 0.713. The fourth-order valence-electron chi connectivity index (χ4n) is 2.34. The van der Waals surface area contributed by atoms with Crippen molar-refractivity contribution in [3.05, 3.63) is 0 Å². The van der Waals surface area contributed by atoms with Crippen LogP contribution in [0.15, 0.2) is 0 Å². The van der Waals surface area contributed by atoms with Crippen molar-refractivity contribution in [3.63, 3.8) is 0 Å². The quantitative estimate of drug-likeness (QED) is 0.665. The van der Waals surface area contributed by atoms with Crippen LogP contribution in [0.4, 0.5) is 0 Å². The molecule has 1 fully saturated rings. The predicted octanol–water partition coefficient (Wildman–Crippen LogP) is 2.82. The monoisotopic (exact) mass is 196 g/mol. The minimum Gasteiger partial charge on any atom is -0.330 e. The molecule has 14 heavy (non-hydrogen) atoms. The number of hydrogen-bond acceptors (Lipinski definition) is 2. The van der Waals surface area contributed by atoms with Gasteiger partial charge in [-0.1, -0.05) is 27.7 Å². The minimum absolute atomic E-state index is 0.0316. The van der Waals surface area contributed by atoms with Gasteiger partial charge in [-0.05, 0) is 30.6 Å². The van der Waals surface area contributed by atoms with Crippen LogP contribution in [0.25, 0.3) is 0 Å². The van der Waals surface area contributed by atoms with Gasteiger partial charge in [-0.2, -0.15) is 0 Å². The second kappa shape index (κ2) is 3.65. The van der Waals surface area contributed by atoms with Crippen molar-refractivity contribution >= 4 is 5.71 Å². The van der Waals surface area contributed by atoms with E-state index in [0.29, 0.717) is 17.9 Å². The summed E-state index contributed by atoms with van der Waals surface area (Å²) in [6, 6.07) is 0. The van der Waals surface area contributed by atoms with Crippen molar-refractivity contribution in [2.75, 3.05) is 6.54 Å². The highest BCUT2D eigenvalue weighted by molar-refractivity contribution is 5.88. The van der Waals surface area contributed by atoms with Crippen molar-refractivity contribution in [1.82, 2.24) is 0 Å². The third-order valence-electron chi connectivity index (χ3n) is 3.84. The van der Waals surface area contributed by atoms with Crippen molar-refractivity contribution in [2.24, 2.45) is 22.5 Å². The van der Waals surface area contributed by atoms with E-state index in [1.165, 1.54) is 0 Å². The highest BCUT2D eigenvalue weighted by Gasteiger charge is 2.39. The molecular weight excluding hydrogens is 172 g/mol. The molecule has 0 spiro atoms. The number of nitrogens with one attached hydrogen (secondary N) is 1. The zero-order valence-electron chi connectivity index (χ0n) is 9.98. The molecule has 2 heteroatoms. The third kappa shape index (κ3) is 2.17. The lowest BCUT2D eigenvalue weighted by Crippen LogP contribution is -2.43. The maximum absolute atomic E-state index is 7.96. The normalized spacial score (nSPS) is 34.6. The van der Waals surface area contributed by atoms with E-state index in [-0.39, 0.29) is 5.41 Å². The molecule has 0 heterocycles. The molecule has 1 aliphatic carbocycles. The number of rotatable bonds is 1. The van der Waals surface area contributed by atoms with Crippen LogP contribution in [-0.4, -0.2) is 12.3 Å². The summed E-state index contributed by atoms with van der Waals surface area (Å²) in [6.45, 7) is 9.66. The summed E-state index contributed by atoms with van der Waals surface area (Å²) in [7, 11) is 0. The van der Waals surface area contributed by atoms with Gasteiger partial charge in [0.1, 0.15) is 0 Å². The van der Waals surface area contributed by atoms with E-state index in [2.05, 4.69) is 27.7 Å². The first kappa shape index (κ1) is 11.7. The van der Waals surface area contributed by atoms with Crippen LogP contribution in [0.3, 0.4) is 0 Å².